The Kier molecular flexibility index (Phi) is 5.89. The molecular formula is C17H30BrN3. The summed E-state index contributed by atoms with van der Waals surface area (Å²) in [7, 11) is 0. The van der Waals surface area contributed by atoms with Gasteiger partial charge in [0.2, 0.25) is 0 Å². The number of nitrogens with two attached hydrogens (primary N) is 1. The zero-order chi connectivity index (χ0) is 15.6. The number of aryl methyl sites for hydroxylation is 2. The van der Waals surface area contributed by atoms with Crippen molar-refractivity contribution >= 4 is 15.9 Å². The van der Waals surface area contributed by atoms with E-state index in [9.17, 15) is 0 Å². The molecule has 1 aliphatic rings. The third-order valence-corrected chi connectivity index (χ3v) is 6.37. The van der Waals surface area contributed by atoms with Crippen LogP contribution in [0.15, 0.2) is 4.47 Å². The summed E-state index contributed by atoms with van der Waals surface area (Å²) in [4.78, 5) is 0. The minimum absolute atomic E-state index is 0.674. The van der Waals surface area contributed by atoms with Crippen molar-refractivity contribution in [3.8, 4) is 0 Å². The van der Waals surface area contributed by atoms with E-state index in [2.05, 4.69) is 53.4 Å². The molecule has 0 bridgehead atoms. The van der Waals surface area contributed by atoms with Crippen LogP contribution >= 0.6 is 15.9 Å². The standard InChI is InChI=1S/C17H30BrN3/c1-5-21-16(17(18)12(4)20-21)9-15-8-13(11(2)3)6-7-14(15)10-19/h11,13-15H,5-10,19H2,1-4H3. The number of nitrogens with zero attached hydrogens (tertiary/aromatic N) is 2. The molecule has 1 aliphatic carbocycles. The normalized spacial score (nSPS) is 26.5. The highest BCUT2D eigenvalue weighted by molar-refractivity contribution is 9.10. The van der Waals surface area contributed by atoms with Crippen LogP contribution in [0, 0.1) is 30.6 Å². The summed E-state index contributed by atoms with van der Waals surface area (Å²) in [5, 5.41) is 4.64. The number of aromatic nitrogens is 2. The van der Waals surface area contributed by atoms with Crippen molar-refractivity contribution in [1.29, 1.82) is 0 Å². The van der Waals surface area contributed by atoms with Gasteiger partial charge in [-0.15, -0.1) is 0 Å². The largest absolute Gasteiger partial charge is 0.330 e. The SMILES string of the molecule is CCn1nc(C)c(Br)c1CC1CC(C(C)C)CCC1CN. The molecule has 1 aromatic rings. The fourth-order valence-electron chi connectivity index (χ4n) is 3.84. The monoisotopic (exact) mass is 355 g/mol. The lowest BCUT2D eigenvalue weighted by Crippen LogP contribution is -2.33. The maximum Gasteiger partial charge on any atom is 0.0738 e. The van der Waals surface area contributed by atoms with Crippen LogP contribution in [-0.2, 0) is 13.0 Å². The maximum atomic E-state index is 6.05. The molecule has 0 aliphatic heterocycles. The van der Waals surface area contributed by atoms with Crippen molar-refractivity contribution in [2.45, 2.75) is 59.9 Å². The first-order valence-electron chi connectivity index (χ1n) is 8.39. The second-order valence-electron chi connectivity index (χ2n) is 6.94. The molecule has 4 heteroatoms. The molecule has 0 radical (unpaired) electrons. The van der Waals surface area contributed by atoms with E-state index in [1.54, 1.807) is 0 Å². The first-order chi connectivity index (χ1) is 9.97. The van der Waals surface area contributed by atoms with E-state index in [1.807, 2.05) is 0 Å². The quantitative estimate of drug-likeness (QED) is 0.861. The molecule has 0 aromatic carbocycles. The maximum absolute atomic E-state index is 6.05. The number of hydrogen-bond donors (Lipinski definition) is 1. The first kappa shape index (κ1) is 17.0. The summed E-state index contributed by atoms with van der Waals surface area (Å²) in [5.41, 5.74) is 8.52. The molecule has 1 heterocycles. The molecular weight excluding hydrogens is 326 g/mol. The molecule has 1 saturated carbocycles. The summed E-state index contributed by atoms with van der Waals surface area (Å²) >= 11 is 3.74. The van der Waals surface area contributed by atoms with Crippen molar-refractivity contribution in [3.05, 3.63) is 15.9 Å². The Balaban J connectivity index is 2.18. The van der Waals surface area contributed by atoms with E-state index in [0.29, 0.717) is 11.8 Å². The zero-order valence-corrected chi connectivity index (χ0v) is 15.5. The van der Waals surface area contributed by atoms with Crippen molar-refractivity contribution in [1.82, 2.24) is 9.78 Å². The third-order valence-electron chi connectivity index (χ3n) is 5.33. The second kappa shape index (κ2) is 7.28. The molecule has 3 nitrogen and oxygen atoms in total. The van der Waals surface area contributed by atoms with E-state index in [-0.39, 0.29) is 0 Å². The van der Waals surface area contributed by atoms with E-state index in [0.717, 1.165) is 37.0 Å². The molecule has 1 fully saturated rings. The predicted octanol–water partition coefficient (Wildman–Crippen LogP) is 4.16. The molecule has 1 aromatic heterocycles. The highest BCUT2D eigenvalue weighted by Gasteiger charge is 2.32. The second-order valence-corrected chi connectivity index (χ2v) is 7.73. The summed E-state index contributed by atoms with van der Waals surface area (Å²) < 4.78 is 3.36. The molecule has 0 spiro atoms. The molecule has 0 saturated heterocycles. The van der Waals surface area contributed by atoms with E-state index < -0.39 is 0 Å². The average molecular weight is 356 g/mol. The lowest BCUT2D eigenvalue weighted by molar-refractivity contribution is 0.149. The van der Waals surface area contributed by atoms with Gasteiger partial charge in [0.05, 0.1) is 15.9 Å². The molecule has 2 rings (SSSR count). The van der Waals surface area contributed by atoms with E-state index in [4.69, 9.17) is 5.73 Å². The molecule has 2 N–H and O–H groups in total. The topological polar surface area (TPSA) is 43.8 Å². The van der Waals surface area contributed by atoms with Gasteiger partial charge >= 0.3 is 0 Å². The Labute approximate surface area is 137 Å². The third kappa shape index (κ3) is 3.70. The van der Waals surface area contributed by atoms with Crippen LogP contribution in [0.5, 0.6) is 0 Å². The minimum atomic E-state index is 0.674. The number of rotatable bonds is 5. The Morgan fingerprint density at radius 1 is 1.33 bits per heavy atom. The summed E-state index contributed by atoms with van der Waals surface area (Å²) in [6.45, 7) is 10.7. The lowest BCUT2D eigenvalue weighted by Gasteiger charge is -2.37. The van der Waals surface area contributed by atoms with Crippen molar-refractivity contribution in [2.24, 2.45) is 29.4 Å². The smallest absolute Gasteiger partial charge is 0.0738 e. The van der Waals surface area contributed by atoms with Gasteiger partial charge in [-0.2, -0.15) is 5.10 Å². The molecule has 3 atom stereocenters. The fraction of sp³-hybridized carbons (Fsp3) is 0.824. The molecule has 21 heavy (non-hydrogen) atoms. The van der Waals surface area contributed by atoms with Crippen LogP contribution in [-0.4, -0.2) is 16.3 Å². The van der Waals surface area contributed by atoms with Crippen molar-refractivity contribution < 1.29 is 0 Å². The van der Waals surface area contributed by atoms with Gasteiger partial charge in [-0.1, -0.05) is 13.8 Å². The highest BCUT2D eigenvalue weighted by Crippen LogP contribution is 2.39. The van der Waals surface area contributed by atoms with Gasteiger partial charge in [-0.3, -0.25) is 4.68 Å². The van der Waals surface area contributed by atoms with Crippen LogP contribution in [0.1, 0.15) is 51.4 Å². The number of hydrogen-bond acceptors (Lipinski definition) is 2. The van der Waals surface area contributed by atoms with E-state index >= 15 is 0 Å². The van der Waals surface area contributed by atoms with E-state index in [1.165, 1.54) is 29.4 Å². The summed E-state index contributed by atoms with van der Waals surface area (Å²) in [6.07, 6.45) is 5.07. The van der Waals surface area contributed by atoms with Crippen LogP contribution < -0.4 is 5.73 Å². The Bertz CT molecular complexity index is 467. The summed E-state index contributed by atoms with van der Waals surface area (Å²) in [5.74, 6) is 3.02. The molecule has 120 valence electrons. The van der Waals surface area contributed by atoms with Crippen molar-refractivity contribution in [2.75, 3.05) is 6.54 Å². The lowest BCUT2D eigenvalue weighted by atomic mass is 9.69. The van der Waals surface area contributed by atoms with Gasteiger partial charge in [0, 0.05) is 6.54 Å². The average Bonchev–Trinajstić information content (AvgIpc) is 2.74. The minimum Gasteiger partial charge on any atom is -0.330 e. The summed E-state index contributed by atoms with van der Waals surface area (Å²) in [6, 6.07) is 0. The Morgan fingerprint density at radius 2 is 2.05 bits per heavy atom. The fourth-order valence-corrected chi connectivity index (χ4v) is 4.29. The van der Waals surface area contributed by atoms with Gasteiger partial charge in [-0.25, -0.2) is 0 Å². The van der Waals surface area contributed by atoms with Crippen LogP contribution in [0.3, 0.4) is 0 Å². The highest BCUT2D eigenvalue weighted by atomic mass is 79.9. The number of halogens is 1. The first-order valence-corrected chi connectivity index (χ1v) is 9.19. The van der Waals surface area contributed by atoms with Gasteiger partial charge in [-0.05, 0) is 85.7 Å². The van der Waals surface area contributed by atoms with Crippen LogP contribution in [0.2, 0.25) is 0 Å². The van der Waals surface area contributed by atoms with Crippen LogP contribution in [0.25, 0.3) is 0 Å². The van der Waals surface area contributed by atoms with Crippen LogP contribution in [0.4, 0.5) is 0 Å². The predicted molar refractivity (Wildman–Crippen MR) is 92.3 cm³/mol. The van der Waals surface area contributed by atoms with Gasteiger partial charge in [0.25, 0.3) is 0 Å². The molecule has 3 unspecified atom stereocenters. The van der Waals surface area contributed by atoms with Gasteiger partial charge < -0.3 is 5.73 Å². The Hall–Kier alpha value is -0.350. The molecule has 0 amide bonds. The van der Waals surface area contributed by atoms with Gasteiger partial charge in [0.1, 0.15) is 0 Å². The van der Waals surface area contributed by atoms with Crippen molar-refractivity contribution in [3.63, 3.8) is 0 Å². The zero-order valence-electron chi connectivity index (χ0n) is 13.9. The van der Waals surface area contributed by atoms with Gasteiger partial charge in [0.15, 0.2) is 0 Å². The Morgan fingerprint density at radius 3 is 2.62 bits per heavy atom.